The van der Waals surface area contributed by atoms with Crippen LogP contribution in [0.15, 0.2) is 36.5 Å². The Balaban J connectivity index is 1.65. The third-order valence-electron chi connectivity index (χ3n) is 5.48. The highest BCUT2D eigenvalue weighted by Gasteiger charge is 2.28. The SMILES string of the molecule is CNC(=O)c1ccc(NC(=O)c2cccn2C2CCN(C(=O)OC(C)(C)C)CC2)c(C)c1. The minimum Gasteiger partial charge on any atom is -0.444 e. The number of amides is 3. The number of hydrogen-bond acceptors (Lipinski definition) is 4. The van der Waals surface area contributed by atoms with Gasteiger partial charge >= 0.3 is 6.09 Å². The number of nitrogens with one attached hydrogen (secondary N) is 2. The highest BCUT2D eigenvalue weighted by atomic mass is 16.6. The van der Waals surface area contributed by atoms with Crippen LogP contribution in [0, 0.1) is 6.92 Å². The number of piperidine rings is 1. The lowest BCUT2D eigenvalue weighted by molar-refractivity contribution is 0.0187. The predicted molar refractivity (Wildman–Crippen MR) is 123 cm³/mol. The zero-order valence-corrected chi connectivity index (χ0v) is 19.4. The summed E-state index contributed by atoms with van der Waals surface area (Å²) >= 11 is 0. The molecule has 0 unspecified atom stereocenters. The number of likely N-dealkylation sites (tertiary alicyclic amines) is 1. The summed E-state index contributed by atoms with van der Waals surface area (Å²) in [4.78, 5) is 38.8. The molecule has 8 nitrogen and oxygen atoms in total. The van der Waals surface area contributed by atoms with Crippen molar-refractivity contribution in [2.75, 3.05) is 25.5 Å². The molecule has 0 aliphatic carbocycles. The van der Waals surface area contributed by atoms with Crippen molar-refractivity contribution < 1.29 is 19.1 Å². The standard InChI is InChI=1S/C24H32N4O4/c1-16-15-17(21(29)25-5)8-9-19(16)26-22(30)20-7-6-12-28(20)18-10-13-27(14-11-18)23(31)32-24(2,3)4/h6-9,12,15,18H,10-11,13-14H2,1-5H3,(H,25,29)(H,26,30). The minimum atomic E-state index is -0.518. The lowest BCUT2D eigenvalue weighted by Crippen LogP contribution is -2.42. The first-order chi connectivity index (χ1) is 15.1. The van der Waals surface area contributed by atoms with E-state index in [9.17, 15) is 14.4 Å². The van der Waals surface area contributed by atoms with Crippen LogP contribution in [0.25, 0.3) is 0 Å². The van der Waals surface area contributed by atoms with Gasteiger partial charge in [-0.3, -0.25) is 9.59 Å². The lowest BCUT2D eigenvalue weighted by Gasteiger charge is -2.34. The quantitative estimate of drug-likeness (QED) is 0.752. The van der Waals surface area contributed by atoms with Crippen molar-refractivity contribution in [3.8, 4) is 0 Å². The van der Waals surface area contributed by atoms with Crippen molar-refractivity contribution >= 4 is 23.6 Å². The monoisotopic (exact) mass is 440 g/mol. The molecule has 2 aromatic rings. The summed E-state index contributed by atoms with van der Waals surface area (Å²) in [5, 5.41) is 5.55. The van der Waals surface area contributed by atoms with Gasteiger partial charge in [0, 0.05) is 43.6 Å². The second kappa shape index (κ2) is 9.46. The molecule has 2 heterocycles. The summed E-state index contributed by atoms with van der Waals surface area (Å²) in [7, 11) is 1.58. The zero-order chi connectivity index (χ0) is 23.5. The van der Waals surface area contributed by atoms with Gasteiger partial charge < -0.3 is 24.8 Å². The molecule has 1 aromatic heterocycles. The van der Waals surface area contributed by atoms with E-state index in [1.54, 1.807) is 36.2 Å². The summed E-state index contributed by atoms with van der Waals surface area (Å²) in [5.41, 5.74) is 2.06. The lowest BCUT2D eigenvalue weighted by atomic mass is 10.0. The first kappa shape index (κ1) is 23.4. The Bertz CT molecular complexity index is 998. The van der Waals surface area contributed by atoms with Crippen LogP contribution in [0.3, 0.4) is 0 Å². The van der Waals surface area contributed by atoms with E-state index in [0.29, 0.717) is 30.0 Å². The average molecular weight is 441 g/mol. The van der Waals surface area contributed by atoms with Gasteiger partial charge in [-0.15, -0.1) is 0 Å². The van der Waals surface area contributed by atoms with Crippen molar-refractivity contribution in [1.82, 2.24) is 14.8 Å². The highest BCUT2D eigenvalue weighted by molar-refractivity contribution is 6.04. The molecule has 0 saturated carbocycles. The van der Waals surface area contributed by atoms with Gasteiger partial charge in [0.25, 0.3) is 11.8 Å². The van der Waals surface area contributed by atoms with Crippen LogP contribution in [-0.2, 0) is 4.74 Å². The van der Waals surface area contributed by atoms with E-state index in [0.717, 1.165) is 18.4 Å². The molecule has 1 aliphatic rings. The number of hydrogen-bond donors (Lipinski definition) is 2. The molecule has 172 valence electrons. The van der Waals surface area contributed by atoms with Crippen LogP contribution in [0.2, 0.25) is 0 Å². The van der Waals surface area contributed by atoms with E-state index in [4.69, 9.17) is 4.74 Å². The fourth-order valence-corrected chi connectivity index (χ4v) is 3.83. The van der Waals surface area contributed by atoms with Crippen LogP contribution >= 0.6 is 0 Å². The Hall–Kier alpha value is -3.29. The first-order valence-electron chi connectivity index (χ1n) is 10.9. The molecule has 0 spiro atoms. The molecule has 1 aliphatic heterocycles. The van der Waals surface area contributed by atoms with Gasteiger partial charge in [-0.25, -0.2) is 4.79 Å². The van der Waals surface area contributed by atoms with Crippen molar-refractivity contribution in [3.63, 3.8) is 0 Å². The largest absolute Gasteiger partial charge is 0.444 e. The molecule has 1 fully saturated rings. The molecule has 8 heteroatoms. The zero-order valence-electron chi connectivity index (χ0n) is 19.4. The van der Waals surface area contributed by atoms with Crippen molar-refractivity contribution in [3.05, 3.63) is 53.3 Å². The maximum atomic E-state index is 13.0. The van der Waals surface area contributed by atoms with Gasteiger partial charge in [0.05, 0.1) is 0 Å². The van der Waals surface area contributed by atoms with E-state index < -0.39 is 5.60 Å². The second-order valence-corrected chi connectivity index (χ2v) is 9.06. The maximum Gasteiger partial charge on any atom is 0.410 e. The Morgan fingerprint density at radius 2 is 1.75 bits per heavy atom. The third kappa shape index (κ3) is 5.49. The van der Waals surface area contributed by atoms with Gasteiger partial charge in [0.15, 0.2) is 0 Å². The summed E-state index contributed by atoms with van der Waals surface area (Å²) in [6.45, 7) is 8.59. The fraction of sp³-hybridized carbons (Fsp3) is 0.458. The molecule has 0 bridgehead atoms. The van der Waals surface area contributed by atoms with E-state index >= 15 is 0 Å². The minimum absolute atomic E-state index is 0.126. The Kier molecular flexibility index (Phi) is 6.91. The summed E-state index contributed by atoms with van der Waals surface area (Å²) in [6.07, 6.45) is 3.10. The highest BCUT2D eigenvalue weighted by Crippen LogP contribution is 2.26. The van der Waals surface area contributed by atoms with E-state index in [1.165, 1.54) is 0 Å². The number of benzene rings is 1. The van der Waals surface area contributed by atoms with Gasteiger partial charge in [0.2, 0.25) is 0 Å². The number of aromatic nitrogens is 1. The molecule has 3 amide bonds. The van der Waals surface area contributed by atoms with Gasteiger partial charge in [-0.05, 0) is 76.4 Å². The number of aryl methyl sites for hydroxylation is 1. The third-order valence-corrected chi connectivity index (χ3v) is 5.48. The number of anilines is 1. The molecule has 0 atom stereocenters. The summed E-state index contributed by atoms with van der Waals surface area (Å²) in [5.74, 6) is -0.377. The topological polar surface area (TPSA) is 92.7 Å². The van der Waals surface area contributed by atoms with Crippen LogP contribution in [-0.4, -0.2) is 53.1 Å². The van der Waals surface area contributed by atoms with Crippen LogP contribution in [0.5, 0.6) is 0 Å². The Labute approximate surface area is 188 Å². The van der Waals surface area contributed by atoms with Crippen molar-refractivity contribution in [2.45, 2.75) is 52.2 Å². The van der Waals surface area contributed by atoms with E-state index in [1.807, 2.05) is 44.5 Å². The Morgan fingerprint density at radius 3 is 2.34 bits per heavy atom. The molecule has 1 aromatic carbocycles. The number of rotatable bonds is 4. The smallest absolute Gasteiger partial charge is 0.410 e. The van der Waals surface area contributed by atoms with Crippen LogP contribution in [0.1, 0.15) is 66.1 Å². The fourth-order valence-electron chi connectivity index (χ4n) is 3.83. The number of ether oxygens (including phenoxy) is 1. The first-order valence-corrected chi connectivity index (χ1v) is 10.9. The normalized spacial score (nSPS) is 14.7. The van der Waals surface area contributed by atoms with Crippen LogP contribution in [0.4, 0.5) is 10.5 Å². The van der Waals surface area contributed by atoms with Crippen molar-refractivity contribution in [2.24, 2.45) is 0 Å². The molecule has 3 rings (SSSR count). The molecule has 2 N–H and O–H groups in total. The molecule has 0 radical (unpaired) electrons. The molecule has 1 saturated heterocycles. The second-order valence-electron chi connectivity index (χ2n) is 9.06. The molecular weight excluding hydrogens is 408 g/mol. The summed E-state index contributed by atoms with van der Waals surface area (Å²) in [6, 6.07) is 8.96. The number of nitrogens with zero attached hydrogens (tertiary/aromatic N) is 2. The molecule has 32 heavy (non-hydrogen) atoms. The summed E-state index contributed by atoms with van der Waals surface area (Å²) < 4.78 is 7.45. The Morgan fingerprint density at radius 1 is 1.06 bits per heavy atom. The number of carbonyl (C=O) groups excluding carboxylic acids is 3. The van der Waals surface area contributed by atoms with E-state index in [-0.39, 0.29) is 23.9 Å². The van der Waals surface area contributed by atoms with Crippen molar-refractivity contribution in [1.29, 1.82) is 0 Å². The average Bonchev–Trinajstić information content (AvgIpc) is 3.23. The number of carbonyl (C=O) groups is 3. The molecular formula is C24H32N4O4. The predicted octanol–water partition coefficient (Wildman–Crippen LogP) is 3.98. The maximum absolute atomic E-state index is 13.0. The van der Waals surface area contributed by atoms with Gasteiger partial charge in [-0.1, -0.05) is 0 Å². The van der Waals surface area contributed by atoms with Gasteiger partial charge in [-0.2, -0.15) is 0 Å². The van der Waals surface area contributed by atoms with Gasteiger partial charge in [0.1, 0.15) is 11.3 Å². The van der Waals surface area contributed by atoms with Crippen LogP contribution < -0.4 is 10.6 Å². The van der Waals surface area contributed by atoms with E-state index in [2.05, 4.69) is 10.6 Å².